The van der Waals surface area contributed by atoms with E-state index in [9.17, 15) is 0 Å². The number of hydrogen-bond donors (Lipinski definition) is 2. The highest BCUT2D eigenvalue weighted by Crippen LogP contribution is 2.07. The van der Waals surface area contributed by atoms with Crippen molar-refractivity contribution in [1.82, 2.24) is 5.32 Å². The quantitative estimate of drug-likeness (QED) is 0.548. The van der Waals surface area contributed by atoms with Crippen molar-refractivity contribution in [2.24, 2.45) is 5.92 Å². The number of ether oxygens (including phenoxy) is 1. The van der Waals surface area contributed by atoms with E-state index in [1.54, 1.807) is 0 Å². The van der Waals surface area contributed by atoms with E-state index in [0.717, 1.165) is 12.5 Å². The van der Waals surface area contributed by atoms with Gasteiger partial charge in [0.2, 0.25) is 0 Å². The van der Waals surface area contributed by atoms with Crippen molar-refractivity contribution in [3.8, 4) is 0 Å². The van der Waals surface area contributed by atoms with Crippen LogP contribution in [0.5, 0.6) is 0 Å². The van der Waals surface area contributed by atoms with Crippen LogP contribution in [0.4, 0.5) is 0 Å². The van der Waals surface area contributed by atoms with Gasteiger partial charge in [0, 0.05) is 12.6 Å². The minimum Gasteiger partial charge on any atom is -0.394 e. The Bertz CT molecular complexity index is 129. The van der Waals surface area contributed by atoms with Gasteiger partial charge in [-0.05, 0) is 19.3 Å². The molecule has 0 heterocycles. The second-order valence-corrected chi connectivity index (χ2v) is 4.52. The summed E-state index contributed by atoms with van der Waals surface area (Å²) >= 11 is 0. The first-order valence-corrected chi connectivity index (χ1v) is 6.08. The molecule has 0 amide bonds. The molecular formula is C12H27NO2. The number of aliphatic hydroxyl groups excluding tert-OH is 1. The molecule has 0 aromatic rings. The standard InChI is InChI=1S/C12H27NO2/c1-11(2)5-4-6-12(3)13-7-9-15-10-8-14/h11-14H,4-10H2,1-3H3. The topological polar surface area (TPSA) is 41.5 Å². The zero-order valence-corrected chi connectivity index (χ0v) is 10.5. The van der Waals surface area contributed by atoms with E-state index in [0.29, 0.717) is 19.3 Å². The van der Waals surface area contributed by atoms with Gasteiger partial charge in [0.05, 0.1) is 19.8 Å². The maximum absolute atomic E-state index is 8.50. The molecular weight excluding hydrogens is 190 g/mol. The minimum absolute atomic E-state index is 0.115. The van der Waals surface area contributed by atoms with E-state index in [-0.39, 0.29) is 6.61 Å². The molecule has 3 heteroatoms. The van der Waals surface area contributed by atoms with Crippen LogP contribution in [0.15, 0.2) is 0 Å². The van der Waals surface area contributed by atoms with E-state index in [1.807, 2.05) is 0 Å². The van der Waals surface area contributed by atoms with E-state index >= 15 is 0 Å². The molecule has 0 radical (unpaired) electrons. The summed E-state index contributed by atoms with van der Waals surface area (Å²) in [6, 6.07) is 0.571. The fourth-order valence-electron chi connectivity index (χ4n) is 1.48. The van der Waals surface area contributed by atoms with Gasteiger partial charge in [-0.25, -0.2) is 0 Å². The van der Waals surface area contributed by atoms with Crippen LogP contribution in [0.3, 0.4) is 0 Å². The summed E-state index contributed by atoms with van der Waals surface area (Å²) in [4.78, 5) is 0. The van der Waals surface area contributed by atoms with Gasteiger partial charge in [0.1, 0.15) is 0 Å². The van der Waals surface area contributed by atoms with Crippen LogP contribution in [-0.4, -0.2) is 37.5 Å². The normalized spacial score (nSPS) is 13.4. The first kappa shape index (κ1) is 14.9. The number of nitrogens with one attached hydrogen (secondary N) is 1. The van der Waals surface area contributed by atoms with Gasteiger partial charge >= 0.3 is 0 Å². The zero-order valence-electron chi connectivity index (χ0n) is 10.5. The summed E-state index contributed by atoms with van der Waals surface area (Å²) in [6.45, 7) is 8.87. The zero-order chi connectivity index (χ0) is 11.5. The first-order chi connectivity index (χ1) is 7.16. The lowest BCUT2D eigenvalue weighted by Gasteiger charge is -2.14. The fraction of sp³-hybridized carbons (Fsp3) is 1.00. The van der Waals surface area contributed by atoms with Crippen LogP contribution in [0.1, 0.15) is 40.0 Å². The van der Waals surface area contributed by atoms with Crippen LogP contribution in [0.2, 0.25) is 0 Å². The molecule has 0 rings (SSSR count). The molecule has 0 aliphatic heterocycles. The maximum atomic E-state index is 8.50. The fourth-order valence-corrected chi connectivity index (χ4v) is 1.48. The Morgan fingerprint density at radius 3 is 2.47 bits per heavy atom. The Labute approximate surface area is 94.2 Å². The van der Waals surface area contributed by atoms with Crippen molar-refractivity contribution in [3.63, 3.8) is 0 Å². The van der Waals surface area contributed by atoms with E-state index < -0.39 is 0 Å². The smallest absolute Gasteiger partial charge is 0.0698 e. The molecule has 0 aliphatic carbocycles. The van der Waals surface area contributed by atoms with Crippen molar-refractivity contribution in [2.45, 2.75) is 46.1 Å². The van der Waals surface area contributed by atoms with Gasteiger partial charge in [-0.1, -0.05) is 26.7 Å². The van der Waals surface area contributed by atoms with Crippen molar-refractivity contribution >= 4 is 0 Å². The Hall–Kier alpha value is -0.120. The van der Waals surface area contributed by atoms with E-state index in [4.69, 9.17) is 9.84 Å². The van der Waals surface area contributed by atoms with Crippen LogP contribution >= 0.6 is 0 Å². The number of rotatable bonds is 10. The average molecular weight is 217 g/mol. The molecule has 0 bridgehead atoms. The summed E-state index contributed by atoms with van der Waals surface area (Å²) in [5.74, 6) is 0.810. The highest BCUT2D eigenvalue weighted by Gasteiger charge is 2.01. The van der Waals surface area contributed by atoms with Gasteiger partial charge in [-0.3, -0.25) is 0 Å². The maximum Gasteiger partial charge on any atom is 0.0698 e. The molecule has 1 unspecified atom stereocenters. The lowest BCUT2D eigenvalue weighted by Crippen LogP contribution is -2.29. The summed E-state index contributed by atoms with van der Waals surface area (Å²) in [6.07, 6.45) is 3.84. The van der Waals surface area contributed by atoms with Crippen LogP contribution in [0, 0.1) is 5.92 Å². The predicted octanol–water partition coefficient (Wildman–Crippen LogP) is 1.80. The molecule has 0 aromatic carbocycles. The molecule has 0 aromatic heterocycles. The number of aliphatic hydroxyl groups is 1. The SMILES string of the molecule is CC(C)CCCC(C)NCCOCCO. The highest BCUT2D eigenvalue weighted by atomic mass is 16.5. The Morgan fingerprint density at radius 1 is 1.13 bits per heavy atom. The Morgan fingerprint density at radius 2 is 1.87 bits per heavy atom. The third-order valence-corrected chi connectivity index (χ3v) is 2.39. The Kier molecular flexibility index (Phi) is 10.3. The van der Waals surface area contributed by atoms with E-state index in [2.05, 4.69) is 26.1 Å². The summed E-state index contributed by atoms with van der Waals surface area (Å²) in [5, 5.41) is 11.9. The molecule has 0 saturated heterocycles. The predicted molar refractivity (Wildman–Crippen MR) is 64.1 cm³/mol. The largest absolute Gasteiger partial charge is 0.394 e. The first-order valence-electron chi connectivity index (χ1n) is 6.08. The third kappa shape index (κ3) is 11.8. The van der Waals surface area contributed by atoms with Gasteiger partial charge in [0.25, 0.3) is 0 Å². The minimum atomic E-state index is 0.115. The van der Waals surface area contributed by atoms with Crippen molar-refractivity contribution in [2.75, 3.05) is 26.4 Å². The summed E-state index contributed by atoms with van der Waals surface area (Å²) in [5.41, 5.74) is 0. The molecule has 0 aliphatic rings. The number of hydrogen-bond acceptors (Lipinski definition) is 3. The van der Waals surface area contributed by atoms with Crippen LogP contribution < -0.4 is 5.32 Å². The van der Waals surface area contributed by atoms with Crippen molar-refractivity contribution in [1.29, 1.82) is 0 Å². The van der Waals surface area contributed by atoms with Crippen molar-refractivity contribution < 1.29 is 9.84 Å². The lowest BCUT2D eigenvalue weighted by atomic mass is 10.0. The molecule has 0 spiro atoms. The van der Waals surface area contributed by atoms with Crippen molar-refractivity contribution in [3.05, 3.63) is 0 Å². The molecule has 0 saturated carbocycles. The lowest BCUT2D eigenvalue weighted by molar-refractivity contribution is 0.0926. The Balaban J connectivity index is 3.15. The third-order valence-electron chi connectivity index (χ3n) is 2.39. The summed E-state index contributed by atoms with van der Waals surface area (Å²) < 4.78 is 5.16. The van der Waals surface area contributed by atoms with Crippen LogP contribution in [-0.2, 0) is 4.74 Å². The van der Waals surface area contributed by atoms with Crippen LogP contribution in [0.25, 0.3) is 0 Å². The molecule has 92 valence electrons. The molecule has 2 N–H and O–H groups in total. The second-order valence-electron chi connectivity index (χ2n) is 4.52. The van der Waals surface area contributed by atoms with Gasteiger partial charge < -0.3 is 15.2 Å². The van der Waals surface area contributed by atoms with E-state index in [1.165, 1.54) is 19.3 Å². The summed E-state index contributed by atoms with van der Waals surface area (Å²) in [7, 11) is 0. The average Bonchev–Trinajstić information content (AvgIpc) is 2.17. The van der Waals surface area contributed by atoms with Gasteiger partial charge in [-0.15, -0.1) is 0 Å². The molecule has 0 fully saturated rings. The highest BCUT2D eigenvalue weighted by molar-refractivity contribution is 4.61. The molecule has 1 atom stereocenters. The van der Waals surface area contributed by atoms with Gasteiger partial charge in [-0.2, -0.15) is 0 Å². The monoisotopic (exact) mass is 217 g/mol. The van der Waals surface area contributed by atoms with Gasteiger partial charge in [0.15, 0.2) is 0 Å². The second kappa shape index (κ2) is 10.4. The molecule has 3 nitrogen and oxygen atoms in total. The molecule has 15 heavy (non-hydrogen) atoms.